The molecule has 0 atom stereocenters. The molecule has 0 spiro atoms. The number of aromatic hydroxyl groups is 1. The fourth-order valence-corrected chi connectivity index (χ4v) is 0.901. The summed E-state index contributed by atoms with van der Waals surface area (Å²) >= 11 is 0. The van der Waals surface area contributed by atoms with E-state index >= 15 is 0 Å². The minimum Gasteiger partial charge on any atom is -0.507 e. The van der Waals surface area contributed by atoms with Crippen molar-refractivity contribution in [2.24, 2.45) is 0 Å². The zero-order valence-corrected chi connectivity index (χ0v) is 6.77. The van der Waals surface area contributed by atoms with Crippen LogP contribution in [0.15, 0.2) is 24.3 Å². The van der Waals surface area contributed by atoms with E-state index in [4.69, 9.17) is 5.26 Å². The smallest absolute Gasteiger partial charge is 0.142 e. The Morgan fingerprint density at radius 2 is 2.23 bits per heavy atom. The molecule has 0 unspecified atom stereocenters. The second-order valence-corrected chi connectivity index (χ2v) is 2.38. The van der Waals surface area contributed by atoms with Crippen LogP contribution in [0.3, 0.4) is 0 Å². The lowest BCUT2D eigenvalue weighted by Gasteiger charge is -1.97. The molecule has 1 aromatic rings. The van der Waals surface area contributed by atoms with Gasteiger partial charge in [0.05, 0.1) is 11.6 Å². The molecule has 64 valence electrons. The van der Waals surface area contributed by atoms with Crippen LogP contribution in [0, 0.1) is 11.3 Å². The quantitative estimate of drug-likeness (QED) is 0.544. The van der Waals surface area contributed by atoms with E-state index in [1.165, 1.54) is 30.4 Å². The van der Waals surface area contributed by atoms with Gasteiger partial charge in [-0.15, -0.1) is 0 Å². The molecule has 3 heteroatoms. The molecule has 1 rings (SSSR count). The number of hydrogen-bond donors (Lipinski definition) is 1. The van der Waals surface area contributed by atoms with Crippen LogP contribution >= 0.6 is 0 Å². The summed E-state index contributed by atoms with van der Waals surface area (Å²) in [5, 5.41) is 17.8. The molecule has 1 N–H and O–H groups in total. The molecule has 0 radical (unpaired) electrons. The van der Waals surface area contributed by atoms with Crippen LogP contribution in [0.25, 0.3) is 6.08 Å². The first-order valence-electron chi connectivity index (χ1n) is 3.63. The average Bonchev–Trinajstić information content (AvgIpc) is 2.17. The number of phenolic OH excluding ortho intramolecular Hbond substituents is 1. The number of carbonyl (C=O) groups excluding carboxylic acids is 1. The molecule has 0 heterocycles. The van der Waals surface area contributed by atoms with Crippen molar-refractivity contribution in [3.63, 3.8) is 0 Å². The van der Waals surface area contributed by atoms with Gasteiger partial charge >= 0.3 is 0 Å². The average molecular weight is 173 g/mol. The van der Waals surface area contributed by atoms with Crippen LogP contribution in [0.1, 0.15) is 11.1 Å². The standard InChI is InChI=1S/C10H7NO2/c11-7-8-3-4-10(13)9(6-8)2-1-5-12/h1-6,13H. The highest BCUT2D eigenvalue weighted by molar-refractivity contribution is 5.75. The van der Waals surface area contributed by atoms with Gasteiger partial charge in [0, 0.05) is 5.56 Å². The number of carbonyl (C=O) groups is 1. The molecule has 0 aromatic heterocycles. The molecule has 0 aliphatic rings. The maximum absolute atomic E-state index is 10.0. The molecule has 0 aliphatic heterocycles. The lowest BCUT2D eigenvalue weighted by molar-refractivity contribution is -0.104. The number of phenols is 1. The van der Waals surface area contributed by atoms with Crippen molar-refractivity contribution in [1.82, 2.24) is 0 Å². The van der Waals surface area contributed by atoms with Gasteiger partial charge in [0.1, 0.15) is 12.0 Å². The van der Waals surface area contributed by atoms with E-state index in [2.05, 4.69) is 0 Å². The fraction of sp³-hybridized carbons (Fsp3) is 0. The van der Waals surface area contributed by atoms with Crippen molar-refractivity contribution in [2.75, 3.05) is 0 Å². The molecule has 0 aliphatic carbocycles. The zero-order valence-electron chi connectivity index (χ0n) is 6.77. The topological polar surface area (TPSA) is 61.1 Å². The SMILES string of the molecule is N#Cc1ccc(O)c(C=CC=O)c1. The normalized spacial score (nSPS) is 9.77. The summed E-state index contributed by atoms with van der Waals surface area (Å²) in [5.41, 5.74) is 0.912. The summed E-state index contributed by atoms with van der Waals surface area (Å²) in [6.45, 7) is 0. The molecule has 3 nitrogen and oxygen atoms in total. The molecule has 0 saturated heterocycles. The predicted octanol–water partition coefficient (Wildman–Crippen LogP) is 1.48. The van der Waals surface area contributed by atoms with Crippen LogP contribution in [0.4, 0.5) is 0 Å². The van der Waals surface area contributed by atoms with E-state index in [-0.39, 0.29) is 5.75 Å². The molecular formula is C10H7NO2. The van der Waals surface area contributed by atoms with Gasteiger partial charge in [0.25, 0.3) is 0 Å². The van der Waals surface area contributed by atoms with Crippen molar-refractivity contribution in [3.8, 4) is 11.8 Å². The molecule has 0 amide bonds. The number of nitriles is 1. The van der Waals surface area contributed by atoms with Gasteiger partial charge in [-0.3, -0.25) is 4.79 Å². The Labute approximate surface area is 75.5 Å². The van der Waals surface area contributed by atoms with Crippen LogP contribution < -0.4 is 0 Å². The van der Waals surface area contributed by atoms with Gasteiger partial charge in [0.2, 0.25) is 0 Å². The Morgan fingerprint density at radius 3 is 2.85 bits per heavy atom. The molecular weight excluding hydrogens is 166 g/mol. The summed E-state index contributed by atoms with van der Waals surface area (Å²) in [5.74, 6) is 0.0529. The number of aldehydes is 1. The van der Waals surface area contributed by atoms with Gasteiger partial charge < -0.3 is 5.11 Å². The summed E-state index contributed by atoms with van der Waals surface area (Å²) in [7, 11) is 0. The van der Waals surface area contributed by atoms with E-state index in [0.717, 1.165) is 0 Å². The van der Waals surface area contributed by atoms with Crippen LogP contribution in [0.5, 0.6) is 5.75 Å². The Kier molecular flexibility index (Phi) is 2.82. The van der Waals surface area contributed by atoms with Gasteiger partial charge in [0.15, 0.2) is 0 Å². The zero-order chi connectivity index (χ0) is 9.68. The second-order valence-electron chi connectivity index (χ2n) is 2.38. The number of hydrogen-bond acceptors (Lipinski definition) is 3. The molecule has 13 heavy (non-hydrogen) atoms. The predicted molar refractivity (Wildman–Crippen MR) is 47.9 cm³/mol. The summed E-state index contributed by atoms with van der Waals surface area (Å²) < 4.78 is 0. The molecule has 0 saturated carbocycles. The van der Waals surface area contributed by atoms with Gasteiger partial charge in [-0.25, -0.2) is 0 Å². The van der Waals surface area contributed by atoms with Crippen molar-refractivity contribution in [3.05, 3.63) is 35.4 Å². The Bertz CT molecular complexity index is 388. The summed E-state index contributed by atoms with van der Waals surface area (Å²) in [4.78, 5) is 10.0. The van der Waals surface area contributed by atoms with E-state index in [0.29, 0.717) is 17.4 Å². The highest BCUT2D eigenvalue weighted by Crippen LogP contribution is 2.19. The van der Waals surface area contributed by atoms with Crippen LogP contribution in [-0.4, -0.2) is 11.4 Å². The lowest BCUT2D eigenvalue weighted by atomic mass is 10.1. The Morgan fingerprint density at radius 1 is 1.46 bits per heavy atom. The molecule has 1 aromatic carbocycles. The van der Waals surface area contributed by atoms with Gasteiger partial charge in [-0.1, -0.05) is 0 Å². The Hall–Kier alpha value is -2.08. The third kappa shape index (κ3) is 2.17. The number of rotatable bonds is 2. The van der Waals surface area contributed by atoms with Crippen molar-refractivity contribution >= 4 is 12.4 Å². The first kappa shape index (κ1) is 9.01. The Balaban J connectivity index is 3.12. The van der Waals surface area contributed by atoms with Crippen LogP contribution in [-0.2, 0) is 4.79 Å². The van der Waals surface area contributed by atoms with Crippen LogP contribution in [0.2, 0.25) is 0 Å². The van der Waals surface area contributed by atoms with Crippen molar-refractivity contribution in [2.45, 2.75) is 0 Å². The van der Waals surface area contributed by atoms with Gasteiger partial charge in [-0.05, 0) is 30.4 Å². The first-order valence-corrected chi connectivity index (χ1v) is 3.63. The minimum atomic E-state index is 0.0529. The maximum atomic E-state index is 10.0. The fourth-order valence-electron chi connectivity index (χ4n) is 0.901. The van der Waals surface area contributed by atoms with Crippen molar-refractivity contribution < 1.29 is 9.90 Å². The third-order valence-corrected chi connectivity index (χ3v) is 1.51. The van der Waals surface area contributed by atoms with E-state index < -0.39 is 0 Å². The van der Waals surface area contributed by atoms with E-state index in [1.54, 1.807) is 0 Å². The third-order valence-electron chi connectivity index (χ3n) is 1.51. The lowest BCUT2D eigenvalue weighted by Crippen LogP contribution is -1.78. The van der Waals surface area contributed by atoms with Crippen molar-refractivity contribution in [1.29, 1.82) is 5.26 Å². The number of benzene rings is 1. The van der Waals surface area contributed by atoms with E-state index in [1.807, 2.05) is 6.07 Å². The highest BCUT2D eigenvalue weighted by atomic mass is 16.3. The van der Waals surface area contributed by atoms with Gasteiger partial charge in [-0.2, -0.15) is 5.26 Å². The second kappa shape index (κ2) is 4.07. The minimum absolute atomic E-state index is 0.0529. The first-order chi connectivity index (χ1) is 6.27. The highest BCUT2D eigenvalue weighted by Gasteiger charge is 1.98. The largest absolute Gasteiger partial charge is 0.507 e. The summed E-state index contributed by atoms with van der Waals surface area (Å²) in [6.07, 6.45) is 3.32. The molecule has 0 fully saturated rings. The van der Waals surface area contributed by atoms with E-state index in [9.17, 15) is 9.90 Å². The molecule has 0 bridgehead atoms. The summed E-state index contributed by atoms with van der Waals surface area (Å²) in [6, 6.07) is 6.37. The monoisotopic (exact) mass is 173 g/mol. The maximum Gasteiger partial charge on any atom is 0.142 e. The number of nitrogens with zero attached hydrogens (tertiary/aromatic N) is 1. The number of allylic oxidation sites excluding steroid dienone is 1.